The second-order valence-corrected chi connectivity index (χ2v) is 8.66. The summed E-state index contributed by atoms with van der Waals surface area (Å²) < 4.78 is 28.1. The van der Waals surface area contributed by atoms with Crippen LogP contribution in [0, 0.1) is 6.92 Å². The normalized spacial score (nSPS) is 12.8. The van der Waals surface area contributed by atoms with Crippen LogP contribution < -0.4 is 4.72 Å². The molecular weight excluding hydrogens is 410 g/mol. The van der Waals surface area contributed by atoms with Crippen LogP contribution in [0.25, 0.3) is 5.57 Å². The van der Waals surface area contributed by atoms with Crippen molar-refractivity contribution in [1.29, 1.82) is 0 Å². The van der Waals surface area contributed by atoms with Crippen molar-refractivity contribution in [2.75, 3.05) is 6.54 Å². The molecule has 128 valence electrons. The predicted octanol–water partition coefficient (Wildman–Crippen LogP) is 5.14. The minimum Gasteiger partial charge on any atom is -0.211 e. The smallest absolute Gasteiger partial charge is 0.211 e. The topological polar surface area (TPSA) is 46.2 Å². The second-order valence-electron chi connectivity index (χ2n) is 5.50. The minimum absolute atomic E-state index is 0.280. The van der Waals surface area contributed by atoms with E-state index >= 15 is 0 Å². The molecule has 0 atom stereocenters. The Kier molecular flexibility index (Phi) is 6.63. The van der Waals surface area contributed by atoms with Gasteiger partial charge in [0.2, 0.25) is 10.0 Å². The van der Waals surface area contributed by atoms with Gasteiger partial charge in [0.05, 0.1) is 4.90 Å². The van der Waals surface area contributed by atoms with E-state index in [2.05, 4.69) is 20.7 Å². The van der Waals surface area contributed by atoms with E-state index in [1.54, 1.807) is 24.3 Å². The molecule has 0 saturated carbocycles. The first-order valence-electron chi connectivity index (χ1n) is 7.47. The van der Waals surface area contributed by atoms with Crippen molar-refractivity contribution >= 4 is 43.1 Å². The minimum atomic E-state index is -3.48. The molecule has 0 spiro atoms. The van der Waals surface area contributed by atoms with Gasteiger partial charge in [-0.2, -0.15) is 0 Å². The maximum atomic E-state index is 12.2. The average molecular weight is 429 g/mol. The van der Waals surface area contributed by atoms with Crippen molar-refractivity contribution in [1.82, 2.24) is 4.72 Å². The van der Waals surface area contributed by atoms with Gasteiger partial charge in [-0.15, -0.1) is 0 Å². The Labute approximate surface area is 156 Å². The molecule has 2 rings (SSSR count). The van der Waals surface area contributed by atoms with Crippen LogP contribution in [0.2, 0.25) is 5.02 Å². The number of benzene rings is 2. The second kappa shape index (κ2) is 8.30. The zero-order valence-electron chi connectivity index (χ0n) is 13.5. The third kappa shape index (κ3) is 5.18. The third-order valence-electron chi connectivity index (χ3n) is 3.65. The number of hydrogen-bond donors (Lipinski definition) is 1. The van der Waals surface area contributed by atoms with Gasteiger partial charge in [-0.25, -0.2) is 13.1 Å². The highest BCUT2D eigenvalue weighted by molar-refractivity contribution is 9.11. The molecule has 3 nitrogen and oxygen atoms in total. The lowest BCUT2D eigenvalue weighted by molar-refractivity contribution is 0.582. The number of rotatable bonds is 6. The van der Waals surface area contributed by atoms with Gasteiger partial charge in [0, 0.05) is 11.6 Å². The molecule has 0 unspecified atom stereocenters. The Bertz CT molecular complexity index is 828. The summed E-state index contributed by atoms with van der Waals surface area (Å²) in [4.78, 5) is 0.280. The maximum absolute atomic E-state index is 12.2. The molecule has 6 heteroatoms. The molecule has 0 aromatic heterocycles. The molecule has 2 aromatic rings. The van der Waals surface area contributed by atoms with Crippen LogP contribution in [-0.2, 0) is 10.0 Å². The number of sulfonamides is 1. The first-order chi connectivity index (χ1) is 11.3. The van der Waals surface area contributed by atoms with Crippen LogP contribution in [-0.4, -0.2) is 15.0 Å². The molecule has 1 N–H and O–H groups in total. The fourth-order valence-corrected chi connectivity index (χ4v) is 3.72. The number of hydrogen-bond acceptors (Lipinski definition) is 2. The van der Waals surface area contributed by atoms with Gasteiger partial charge in [-0.05, 0) is 60.2 Å². The van der Waals surface area contributed by atoms with Crippen LogP contribution in [0.3, 0.4) is 0 Å². The Balaban J connectivity index is 2.01. The molecule has 24 heavy (non-hydrogen) atoms. The predicted molar refractivity (Wildman–Crippen MR) is 104 cm³/mol. The van der Waals surface area contributed by atoms with Crippen LogP contribution in [0.4, 0.5) is 0 Å². The van der Waals surface area contributed by atoms with E-state index in [1.807, 2.05) is 38.1 Å². The highest BCUT2D eigenvalue weighted by atomic mass is 79.9. The highest BCUT2D eigenvalue weighted by Crippen LogP contribution is 2.25. The zero-order valence-corrected chi connectivity index (χ0v) is 16.7. The lowest BCUT2D eigenvalue weighted by Gasteiger charge is -2.09. The number of aryl methyl sites for hydroxylation is 1. The Morgan fingerprint density at radius 2 is 1.67 bits per heavy atom. The molecular formula is C18H19BrClNO2S. The van der Waals surface area contributed by atoms with Crippen LogP contribution in [0.5, 0.6) is 0 Å². The van der Waals surface area contributed by atoms with Gasteiger partial charge < -0.3 is 0 Å². The Hall–Kier alpha value is -1.14. The van der Waals surface area contributed by atoms with Gasteiger partial charge in [0.25, 0.3) is 0 Å². The van der Waals surface area contributed by atoms with Crippen molar-refractivity contribution in [3.8, 4) is 0 Å². The molecule has 0 saturated heterocycles. The molecule has 0 aliphatic heterocycles. The average Bonchev–Trinajstić information content (AvgIpc) is 2.55. The van der Waals surface area contributed by atoms with E-state index in [4.69, 9.17) is 11.6 Å². The van der Waals surface area contributed by atoms with Gasteiger partial charge in [-0.1, -0.05) is 57.4 Å². The van der Waals surface area contributed by atoms with Crippen molar-refractivity contribution in [2.24, 2.45) is 0 Å². The summed E-state index contributed by atoms with van der Waals surface area (Å²) in [5.41, 5.74) is 3.13. The summed E-state index contributed by atoms with van der Waals surface area (Å²) >= 11 is 9.44. The number of allylic oxidation sites excluding steroid dienone is 1. The van der Waals surface area contributed by atoms with Crippen LogP contribution >= 0.6 is 27.5 Å². The molecule has 0 heterocycles. The Morgan fingerprint density at radius 1 is 1.08 bits per heavy atom. The quantitative estimate of drug-likeness (QED) is 0.692. The monoisotopic (exact) mass is 427 g/mol. The zero-order chi connectivity index (χ0) is 17.7. The third-order valence-corrected chi connectivity index (χ3v) is 6.37. The molecule has 0 fully saturated rings. The van der Waals surface area contributed by atoms with E-state index in [0.717, 1.165) is 21.2 Å². The lowest BCUT2D eigenvalue weighted by Crippen LogP contribution is -2.24. The molecule has 0 radical (unpaired) electrons. The maximum Gasteiger partial charge on any atom is 0.240 e. The number of halogens is 2. The van der Waals surface area contributed by atoms with Gasteiger partial charge in [0.1, 0.15) is 0 Å². The first-order valence-corrected chi connectivity index (χ1v) is 10.1. The van der Waals surface area contributed by atoms with Gasteiger partial charge >= 0.3 is 0 Å². The molecule has 0 amide bonds. The lowest BCUT2D eigenvalue weighted by atomic mass is 10.1. The summed E-state index contributed by atoms with van der Waals surface area (Å²) in [6.07, 6.45) is 0.569. The van der Waals surface area contributed by atoms with E-state index in [0.29, 0.717) is 18.0 Å². The van der Waals surface area contributed by atoms with Crippen LogP contribution in [0.15, 0.2) is 57.9 Å². The van der Waals surface area contributed by atoms with Crippen LogP contribution in [0.1, 0.15) is 24.5 Å². The van der Waals surface area contributed by atoms with E-state index in [9.17, 15) is 8.42 Å². The van der Waals surface area contributed by atoms with E-state index in [1.165, 1.54) is 0 Å². The Morgan fingerprint density at radius 3 is 2.25 bits per heavy atom. The largest absolute Gasteiger partial charge is 0.240 e. The van der Waals surface area contributed by atoms with Crippen molar-refractivity contribution in [3.05, 3.63) is 69.2 Å². The SMILES string of the molecule is C/C(=C(/Br)CCNS(=O)(=O)c1ccc(C)cc1)c1ccc(Cl)cc1. The van der Waals surface area contributed by atoms with Gasteiger partial charge in [-0.3, -0.25) is 0 Å². The molecule has 2 aromatic carbocycles. The van der Waals surface area contributed by atoms with Gasteiger partial charge in [0.15, 0.2) is 0 Å². The molecule has 0 aliphatic rings. The van der Waals surface area contributed by atoms with Crippen molar-refractivity contribution in [2.45, 2.75) is 25.2 Å². The summed E-state index contributed by atoms with van der Waals surface area (Å²) in [6.45, 7) is 4.23. The highest BCUT2D eigenvalue weighted by Gasteiger charge is 2.13. The summed E-state index contributed by atoms with van der Waals surface area (Å²) in [6, 6.07) is 14.3. The summed E-state index contributed by atoms with van der Waals surface area (Å²) in [5, 5.41) is 0.688. The van der Waals surface area contributed by atoms with Crippen molar-refractivity contribution in [3.63, 3.8) is 0 Å². The molecule has 0 bridgehead atoms. The fourth-order valence-electron chi connectivity index (χ4n) is 2.14. The van der Waals surface area contributed by atoms with Crippen molar-refractivity contribution < 1.29 is 8.42 Å². The summed E-state index contributed by atoms with van der Waals surface area (Å²) in [5.74, 6) is 0. The first kappa shape index (κ1) is 19.2. The van der Waals surface area contributed by atoms with E-state index in [-0.39, 0.29) is 4.90 Å². The summed E-state index contributed by atoms with van der Waals surface area (Å²) in [7, 11) is -3.48. The van der Waals surface area contributed by atoms with E-state index < -0.39 is 10.0 Å². The standard InChI is InChI=1S/C18H19BrClNO2S/c1-13-3-9-17(10-4-13)24(22,23)21-12-11-18(19)14(2)15-5-7-16(20)8-6-15/h3-10,21H,11-12H2,1-2H3/b18-14-. The molecule has 0 aliphatic carbocycles. The number of nitrogens with one attached hydrogen (secondary N) is 1. The fraction of sp³-hybridized carbons (Fsp3) is 0.222.